The predicted molar refractivity (Wildman–Crippen MR) is 70.1 cm³/mol. The maximum atomic E-state index is 11.3. The zero-order chi connectivity index (χ0) is 14.0. The second kappa shape index (κ2) is 5.59. The van der Waals surface area contributed by atoms with Crippen molar-refractivity contribution >= 4 is 11.9 Å². The third-order valence-electron chi connectivity index (χ3n) is 3.63. The molecule has 0 spiro atoms. The number of nitrogens with zero attached hydrogens (tertiary/aromatic N) is 3. The molecule has 6 nitrogen and oxygen atoms in total. The molecule has 1 aliphatic rings. The average Bonchev–Trinajstić information content (AvgIpc) is 2.94. The van der Waals surface area contributed by atoms with Crippen LogP contribution < -0.4 is 4.90 Å². The van der Waals surface area contributed by atoms with Gasteiger partial charge >= 0.3 is 5.97 Å². The molecule has 0 saturated carbocycles. The molecule has 1 N–H and O–H groups in total. The van der Waals surface area contributed by atoms with Crippen LogP contribution in [0.4, 0.5) is 5.95 Å². The number of hydrogen-bond acceptors (Lipinski definition) is 5. The highest BCUT2D eigenvalue weighted by molar-refractivity contribution is 5.72. The van der Waals surface area contributed by atoms with Crippen LogP contribution in [-0.4, -0.2) is 34.3 Å². The zero-order valence-electron chi connectivity index (χ0n) is 11.7. The minimum absolute atomic E-state index is 0.170. The van der Waals surface area contributed by atoms with Gasteiger partial charge in [0.05, 0.1) is 5.92 Å². The van der Waals surface area contributed by atoms with Crippen LogP contribution in [0.2, 0.25) is 0 Å². The first-order valence-corrected chi connectivity index (χ1v) is 6.84. The summed E-state index contributed by atoms with van der Waals surface area (Å²) in [7, 11) is 0. The monoisotopic (exact) mass is 267 g/mol. The van der Waals surface area contributed by atoms with Gasteiger partial charge in [-0.2, -0.15) is 4.98 Å². The van der Waals surface area contributed by atoms with Crippen LogP contribution in [0, 0.1) is 11.8 Å². The standard InChI is InChI=1S/C13H21N3O3/c1-4-5-9-6-16(7-10(9)12(17)18)13-14-11(8(2)3)19-15-13/h8-10H,4-7H2,1-3H3,(H,17,18)/t9-,10-/m1/s1. The Labute approximate surface area is 112 Å². The van der Waals surface area contributed by atoms with Gasteiger partial charge in [-0.05, 0) is 17.5 Å². The molecule has 0 unspecified atom stereocenters. The Hall–Kier alpha value is -1.59. The van der Waals surface area contributed by atoms with Crippen molar-refractivity contribution in [2.24, 2.45) is 11.8 Å². The molecule has 1 saturated heterocycles. The quantitative estimate of drug-likeness (QED) is 0.880. The summed E-state index contributed by atoms with van der Waals surface area (Å²) < 4.78 is 5.18. The Bertz CT molecular complexity index is 444. The van der Waals surface area contributed by atoms with E-state index in [-0.39, 0.29) is 17.8 Å². The van der Waals surface area contributed by atoms with Crippen molar-refractivity contribution in [2.45, 2.75) is 39.5 Å². The van der Waals surface area contributed by atoms with Crippen LogP contribution in [0.1, 0.15) is 45.4 Å². The van der Waals surface area contributed by atoms with E-state index < -0.39 is 5.97 Å². The largest absolute Gasteiger partial charge is 0.481 e. The molecule has 1 fully saturated rings. The fraction of sp³-hybridized carbons (Fsp3) is 0.769. The lowest BCUT2D eigenvalue weighted by molar-refractivity contribution is -0.142. The Morgan fingerprint density at radius 1 is 1.53 bits per heavy atom. The number of carbonyl (C=O) groups is 1. The minimum Gasteiger partial charge on any atom is -0.481 e. The number of anilines is 1. The summed E-state index contributed by atoms with van der Waals surface area (Å²) in [5.74, 6) is 0.415. The normalized spacial score (nSPS) is 23.3. The Kier molecular flexibility index (Phi) is 4.07. The SMILES string of the molecule is CCC[C@@H]1CN(c2noc(C(C)C)n2)C[C@H]1C(=O)O. The molecule has 0 aliphatic carbocycles. The van der Waals surface area contributed by atoms with Crippen molar-refractivity contribution in [1.29, 1.82) is 0 Å². The topological polar surface area (TPSA) is 79.5 Å². The maximum absolute atomic E-state index is 11.3. The molecule has 106 valence electrons. The number of hydrogen-bond donors (Lipinski definition) is 1. The summed E-state index contributed by atoms with van der Waals surface area (Å²) in [6.07, 6.45) is 1.91. The van der Waals surface area contributed by atoms with E-state index in [9.17, 15) is 9.90 Å². The van der Waals surface area contributed by atoms with Gasteiger partial charge in [0.25, 0.3) is 5.95 Å². The zero-order valence-corrected chi connectivity index (χ0v) is 11.7. The van der Waals surface area contributed by atoms with E-state index in [4.69, 9.17) is 4.52 Å². The number of carboxylic acid groups (broad SMARTS) is 1. The Morgan fingerprint density at radius 3 is 2.79 bits per heavy atom. The smallest absolute Gasteiger partial charge is 0.308 e. The van der Waals surface area contributed by atoms with E-state index in [1.54, 1.807) is 0 Å². The van der Waals surface area contributed by atoms with Gasteiger partial charge in [-0.15, -0.1) is 0 Å². The molecule has 2 atom stereocenters. The summed E-state index contributed by atoms with van der Waals surface area (Å²) in [6.45, 7) is 7.22. The van der Waals surface area contributed by atoms with Crippen molar-refractivity contribution in [3.05, 3.63) is 5.89 Å². The summed E-state index contributed by atoms with van der Waals surface area (Å²) in [5, 5.41) is 13.2. The third kappa shape index (κ3) is 2.88. The molecule has 0 radical (unpaired) electrons. The second-order valence-corrected chi connectivity index (χ2v) is 5.49. The van der Waals surface area contributed by atoms with Crippen molar-refractivity contribution in [1.82, 2.24) is 10.1 Å². The fourth-order valence-electron chi connectivity index (χ4n) is 2.57. The molecule has 19 heavy (non-hydrogen) atoms. The van der Waals surface area contributed by atoms with Crippen molar-refractivity contribution < 1.29 is 14.4 Å². The lowest BCUT2D eigenvalue weighted by Crippen LogP contribution is -2.24. The first-order chi connectivity index (χ1) is 9.02. The number of aromatic nitrogens is 2. The van der Waals surface area contributed by atoms with Gasteiger partial charge in [0.1, 0.15) is 0 Å². The maximum Gasteiger partial charge on any atom is 0.308 e. The third-order valence-corrected chi connectivity index (χ3v) is 3.63. The van der Waals surface area contributed by atoms with Gasteiger partial charge in [0.15, 0.2) is 0 Å². The Morgan fingerprint density at radius 2 is 2.26 bits per heavy atom. The average molecular weight is 267 g/mol. The molecule has 1 aliphatic heterocycles. The molecule has 0 aromatic carbocycles. The van der Waals surface area contributed by atoms with Crippen LogP contribution in [0.25, 0.3) is 0 Å². The van der Waals surface area contributed by atoms with E-state index in [0.29, 0.717) is 24.9 Å². The first kappa shape index (κ1) is 13.8. The molecular formula is C13H21N3O3. The fourth-order valence-corrected chi connectivity index (χ4v) is 2.57. The predicted octanol–water partition coefficient (Wildman–Crippen LogP) is 2.13. The summed E-state index contributed by atoms with van der Waals surface area (Å²) >= 11 is 0. The highest BCUT2D eigenvalue weighted by Crippen LogP contribution is 2.30. The molecule has 2 heterocycles. The van der Waals surface area contributed by atoms with E-state index in [1.807, 2.05) is 18.7 Å². The number of rotatable bonds is 5. The van der Waals surface area contributed by atoms with Crippen molar-refractivity contribution in [2.75, 3.05) is 18.0 Å². The van der Waals surface area contributed by atoms with Gasteiger partial charge in [-0.1, -0.05) is 27.2 Å². The molecular weight excluding hydrogens is 246 g/mol. The van der Waals surface area contributed by atoms with E-state index in [1.165, 1.54) is 0 Å². The van der Waals surface area contributed by atoms with Gasteiger partial charge in [-0.25, -0.2) is 0 Å². The van der Waals surface area contributed by atoms with E-state index in [0.717, 1.165) is 12.8 Å². The first-order valence-electron chi connectivity index (χ1n) is 6.84. The molecule has 1 aromatic rings. The summed E-state index contributed by atoms with van der Waals surface area (Å²) in [6, 6.07) is 0. The van der Waals surface area contributed by atoms with Crippen LogP contribution in [-0.2, 0) is 4.79 Å². The lowest BCUT2D eigenvalue weighted by Gasteiger charge is -2.12. The number of carboxylic acids is 1. The van der Waals surface area contributed by atoms with E-state index in [2.05, 4.69) is 17.1 Å². The molecule has 0 bridgehead atoms. The minimum atomic E-state index is -0.728. The van der Waals surface area contributed by atoms with Crippen LogP contribution in [0.3, 0.4) is 0 Å². The summed E-state index contributed by atoms with van der Waals surface area (Å²) in [4.78, 5) is 17.5. The van der Waals surface area contributed by atoms with Crippen LogP contribution in [0.15, 0.2) is 4.52 Å². The highest BCUT2D eigenvalue weighted by Gasteiger charge is 2.38. The molecule has 6 heteroatoms. The van der Waals surface area contributed by atoms with Crippen LogP contribution >= 0.6 is 0 Å². The van der Waals surface area contributed by atoms with Gasteiger partial charge in [-0.3, -0.25) is 4.79 Å². The van der Waals surface area contributed by atoms with E-state index >= 15 is 0 Å². The van der Waals surface area contributed by atoms with Gasteiger partial charge in [0, 0.05) is 19.0 Å². The highest BCUT2D eigenvalue weighted by atomic mass is 16.5. The van der Waals surface area contributed by atoms with Gasteiger partial charge < -0.3 is 14.5 Å². The molecule has 0 amide bonds. The summed E-state index contributed by atoms with van der Waals surface area (Å²) in [5.41, 5.74) is 0. The van der Waals surface area contributed by atoms with Crippen molar-refractivity contribution in [3.63, 3.8) is 0 Å². The molecule has 1 aromatic heterocycles. The lowest BCUT2D eigenvalue weighted by atomic mass is 9.92. The van der Waals surface area contributed by atoms with Crippen LogP contribution in [0.5, 0.6) is 0 Å². The Balaban J connectivity index is 2.11. The molecule has 2 rings (SSSR count). The van der Waals surface area contributed by atoms with Crippen molar-refractivity contribution in [3.8, 4) is 0 Å². The second-order valence-electron chi connectivity index (χ2n) is 5.49. The number of aliphatic carboxylic acids is 1. The van der Waals surface area contributed by atoms with Gasteiger partial charge in [0.2, 0.25) is 5.89 Å².